The molecule has 0 saturated carbocycles. The van der Waals surface area contributed by atoms with E-state index in [4.69, 9.17) is 21.1 Å². The Morgan fingerprint density at radius 2 is 1.90 bits per heavy atom. The van der Waals surface area contributed by atoms with Crippen LogP contribution in [-0.4, -0.2) is 49.3 Å². The van der Waals surface area contributed by atoms with E-state index >= 15 is 0 Å². The van der Waals surface area contributed by atoms with E-state index < -0.39 is 5.91 Å². The van der Waals surface area contributed by atoms with E-state index in [1.165, 1.54) is 26.4 Å². The maximum atomic E-state index is 12.5. The Balaban J connectivity index is 1.62. The van der Waals surface area contributed by atoms with E-state index in [9.17, 15) is 14.4 Å². The summed E-state index contributed by atoms with van der Waals surface area (Å²) in [6.07, 6.45) is 1.68. The van der Waals surface area contributed by atoms with Gasteiger partial charge in [0.2, 0.25) is 0 Å². The first-order valence-electron chi connectivity index (χ1n) is 8.94. The third-order valence-corrected chi connectivity index (χ3v) is 5.48. The molecule has 0 atom stereocenters. The van der Waals surface area contributed by atoms with Gasteiger partial charge in [0, 0.05) is 18.7 Å². The fraction of sp³-hybridized carbons (Fsp3) is 0.190. The molecule has 0 radical (unpaired) electrons. The van der Waals surface area contributed by atoms with E-state index in [2.05, 4.69) is 5.32 Å². The molecule has 1 N–H and O–H groups in total. The topological polar surface area (TPSA) is 84.9 Å². The molecule has 7 nitrogen and oxygen atoms in total. The average Bonchev–Trinajstić information content (AvgIpc) is 3.01. The molecule has 1 heterocycles. The van der Waals surface area contributed by atoms with Gasteiger partial charge in [-0.25, -0.2) is 0 Å². The second kappa shape index (κ2) is 9.69. The van der Waals surface area contributed by atoms with Crippen molar-refractivity contribution < 1.29 is 23.9 Å². The second-order valence-electron chi connectivity index (χ2n) is 6.19. The van der Waals surface area contributed by atoms with Gasteiger partial charge < -0.3 is 14.8 Å². The largest absolute Gasteiger partial charge is 0.493 e. The molecular weight excluding hydrogens is 428 g/mol. The highest BCUT2D eigenvalue weighted by molar-refractivity contribution is 8.18. The number of nitrogens with zero attached hydrogens (tertiary/aromatic N) is 1. The smallest absolute Gasteiger partial charge is 0.293 e. The Morgan fingerprint density at radius 3 is 2.57 bits per heavy atom. The molecule has 1 fully saturated rings. The summed E-state index contributed by atoms with van der Waals surface area (Å²) in [4.78, 5) is 38.6. The molecule has 2 aromatic rings. The minimum atomic E-state index is -0.412. The maximum Gasteiger partial charge on any atom is 0.293 e. The number of hydrogen-bond acceptors (Lipinski definition) is 6. The van der Waals surface area contributed by atoms with Gasteiger partial charge in [-0.1, -0.05) is 41.9 Å². The van der Waals surface area contributed by atoms with Gasteiger partial charge in [0.05, 0.1) is 24.1 Å². The van der Waals surface area contributed by atoms with Crippen LogP contribution in [0.15, 0.2) is 47.4 Å². The quantitative estimate of drug-likeness (QED) is 0.651. The number of imide groups is 1. The van der Waals surface area contributed by atoms with Crippen LogP contribution < -0.4 is 14.8 Å². The number of rotatable bonds is 7. The van der Waals surface area contributed by atoms with Gasteiger partial charge in [-0.2, -0.15) is 0 Å². The molecule has 0 unspecified atom stereocenters. The average molecular weight is 447 g/mol. The van der Waals surface area contributed by atoms with Crippen LogP contribution in [0.4, 0.5) is 4.79 Å². The van der Waals surface area contributed by atoms with Crippen molar-refractivity contribution in [1.82, 2.24) is 10.2 Å². The Kier molecular flexibility index (Phi) is 7.02. The molecule has 1 saturated heterocycles. The van der Waals surface area contributed by atoms with Crippen LogP contribution in [0.3, 0.4) is 0 Å². The maximum absolute atomic E-state index is 12.5. The first-order valence-corrected chi connectivity index (χ1v) is 10.1. The zero-order valence-corrected chi connectivity index (χ0v) is 17.9. The van der Waals surface area contributed by atoms with Crippen molar-refractivity contribution in [3.63, 3.8) is 0 Å². The van der Waals surface area contributed by atoms with Crippen molar-refractivity contribution in [2.24, 2.45) is 0 Å². The molecule has 0 aromatic heterocycles. The van der Waals surface area contributed by atoms with Crippen molar-refractivity contribution >= 4 is 46.5 Å². The number of benzene rings is 2. The number of methoxy groups -OCH3 is 2. The predicted molar refractivity (Wildman–Crippen MR) is 116 cm³/mol. The van der Waals surface area contributed by atoms with Crippen LogP contribution in [-0.2, 0) is 4.79 Å². The van der Waals surface area contributed by atoms with Crippen LogP contribution in [0.1, 0.15) is 15.9 Å². The number of amides is 3. The third kappa shape index (κ3) is 4.77. The molecule has 30 heavy (non-hydrogen) atoms. The zero-order chi connectivity index (χ0) is 21.7. The Hall–Kier alpha value is -2.97. The number of ether oxygens (including phenoxy) is 2. The summed E-state index contributed by atoms with van der Waals surface area (Å²) in [5, 5.41) is 2.54. The molecule has 3 rings (SSSR count). The fourth-order valence-corrected chi connectivity index (χ4v) is 3.98. The summed E-state index contributed by atoms with van der Waals surface area (Å²) in [6.45, 7) is 0.158. The van der Waals surface area contributed by atoms with Gasteiger partial charge in [-0.15, -0.1) is 0 Å². The molecule has 2 aromatic carbocycles. The highest BCUT2D eigenvalue weighted by Crippen LogP contribution is 2.36. The summed E-state index contributed by atoms with van der Waals surface area (Å²) in [7, 11) is 2.89. The number of carbonyl (C=O) groups excluding carboxylic acids is 3. The van der Waals surface area contributed by atoms with Crippen molar-refractivity contribution in [3.05, 3.63) is 63.5 Å². The first-order chi connectivity index (χ1) is 14.4. The SMILES string of the molecule is COc1cc(C(=O)NCCN2C(=O)SC(=Cc3ccccc3)C2=O)cc(Cl)c1OC. The van der Waals surface area contributed by atoms with E-state index in [1.807, 2.05) is 30.3 Å². The van der Waals surface area contributed by atoms with Crippen molar-refractivity contribution in [1.29, 1.82) is 0 Å². The second-order valence-corrected chi connectivity index (χ2v) is 7.59. The van der Waals surface area contributed by atoms with E-state index in [0.29, 0.717) is 16.4 Å². The van der Waals surface area contributed by atoms with Crippen molar-refractivity contribution in [2.75, 3.05) is 27.3 Å². The van der Waals surface area contributed by atoms with Crippen LogP contribution in [0.5, 0.6) is 11.5 Å². The molecular formula is C21H19ClN2O5S. The molecule has 0 bridgehead atoms. The van der Waals surface area contributed by atoms with Gasteiger partial charge in [0.15, 0.2) is 11.5 Å². The van der Waals surface area contributed by atoms with Gasteiger partial charge in [-0.05, 0) is 35.5 Å². The molecule has 0 aliphatic carbocycles. The standard InChI is InChI=1S/C21H19ClN2O5S/c1-28-16-12-14(11-15(22)18(16)29-2)19(25)23-8-9-24-20(26)17(30-21(24)27)10-13-6-4-3-5-7-13/h3-7,10-12H,8-9H2,1-2H3,(H,23,25). The zero-order valence-electron chi connectivity index (χ0n) is 16.3. The molecule has 3 amide bonds. The first kappa shape index (κ1) is 21.7. The third-order valence-electron chi connectivity index (χ3n) is 4.29. The van der Waals surface area contributed by atoms with Gasteiger partial charge in [-0.3, -0.25) is 19.3 Å². The summed E-state index contributed by atoms with van der Waals surface area (Å²) in [5.41, 5.74) is 1.11. The molecule has 9 heteroatoms. The number of hydrogen-bond donors (Lipinski definition) is 1. The highest BCUT2D eigenvalue weighted by atomic mass is 35.5. The van der Waals surface area contributed by atoms with Crippen LogP contribution in [0, 0.1) is 0 Å². The lowest BCUT2D eigenvalue weighted by Gasteiger charge is -2.14. The minimum absolute atomic E-state index is 0.0591. The number of nitrogens with one attached hydrogen (secondary N) is 1. The predicted octanol–water partition coefficient (Wildman–Crippen LogP) is 3.82. The number of thioether (sulfide) groups is 1. The molecule has 0 spiro atoms. The summed E-state index contributed by atoms with van der Waals surface area (Å²) >= 11 is 7.01. The van der Waals surface area contributed by atoms with E-state index in [-0.39, 0.29) is 34.8 Å². The summed E-state index contributed by atoms with van der Waals surface area (Å²) in [6, 6.07) is 12.2. The van der Waals surface area contributed by atoms with Gasteiger partial charge in [0.25, 0.3) is 17.1 Å². The fourth-order valence-electron chi connectivity index (χ4n) is 2.83. The number of carbonyl (C=O) groups is 3. The minimum Gasteiger partial charge on any atom is -0.493 e. The van der Waals surface area contributed by atoms with Crippen LogP contribution in [0.2, 0.25) is 5.02 Å². The lowest BCUT2D eigenvalue weighted by atomic mass is 10.2. The van der Waals surface area contributed by atoms with Gasteiger partial charge >= 0.3 is 0 Å². The van der Waals surface area contributed by atoms with Crippen LogP contribution >= 0.6 is 23.4 Å². The highest BCUT2D eigenvalue weighted by Gasteiger charge is 2.34. The van der Waals surface area contributed by atoms with Crippen molar-refractivity contribution in [2.45, 2.75) is 0 Å². The lowest BCUT2D eigenvalue weighted by molar-refractivity contribution is -0.122. The molecule has 1 aliphatic rings. The van der Waals surface area contributed by atoms with E-state index in [1.54, 1.807) is 6.08 Å². The lowest BCUT2D eigenvalue weighted by Crippen LogP contribution is -2.37. The van der Waals surface area contributed by atoms with Crippen molar-refractivity contribution in [3.8, 4) is 11.5 Å². The van der Waals surface area contributed by atoms with Gasteiger partial charge in [0.1, 0.15) is 0 Å². The Labute approximate surface area is 183 Å². The summed E-state index contributed by atoms with van der Waals surface area (Å²) < 4.78 is 10.3. The normalized spacial score (nSPS) is 14.9. The Morgan fingerprint density at radius 1 is 1.17 bits per heavy atom. The number of halogens is 1. The Bertz CT molecular complexity index is 1010. The van der Waals surface area contributed by atoms with E-state index in [0.717, 1.165) is 22.2 Å². The molecule has 156 valence electrons. The monoisotopic (exact) mass is 446 g/mol. The van der Waals surface area contributed by atoms with Crippen LogP contribution in [0.25, 0.3) is 6.08 Å². The summed E-state index contributed by atoms with van der Waals surface area (Å²) in [5.74, 6) is -0.132. The molecule has 1 aliphatic heterocycles.